The van der Waals surface area contributed by atoms with Gasteiger partial charge < -0.3 is 9.88 Å². The summed E-state index contributed by atoms with van der Waals surface area (Å²) in [5.74, 6) is 0.990. The number of hydrogen-bond donors (Lipinski definition) is 1. The zero-order valence-electron chi connectivity index (χ0n) is 19.7. The summed E-state index contributed by atoms with van der Waals surface area (Å²) in [4.78, 5) is 5.29. The van der Waals surface area contributed by atoms with Crippen molar-refractivity contribution < 1.29 is 0 Å². The standard InChI is InChI=1S/C31H29N3.CH4/c1-3-32-26-19-13-18-25(22-26)27-20-11-12-21-28(27)31-33-29(23-14-7-5-8-15-23)30(34(31)4-2)24-16-9-6-10-17-24;/h5-22,32H,3-4H2,1-2H3;1H4. The molecule has 0 aliphatic carbocycles. The molecule has 176 valence electrons. The zero-order chi connectivity index (χ0) is 23.3. The van der Waals surface area contributed by atoms with Crippen LogP contribution in [-0.2, 0) is 6.54 Å². The third-order valence-corrected chi connectivity index (χ3v) is 6.10. The Morgan fingerprint density at radius 1 is 0.657 bits per heavy atom. The molecular formula is C32H33N3. The Hall–Kier alpha value is -4.11. The second-order valence-electron chi connectivity index (χ2n) is 8.27. The second kappa shape index (κ2) is 10.9. The third-order valence-electron chi connectivity index (χ3n) is 6.10. The highest BCUT2D eigenvalue weighted by molar-refractivity contribution is 5.87. The third kappa shape index (κ3) is 4.76. The van der Waals surface area contributed by atoms with Crippen molar-refractivity contribution in [2.45, 2.75) is 27.8 Å². The maximum atomic E-state index is 5.29. The minimum atomic E-state index is 0. The highest BCUT2D eigenvalue weighted by Gasteiger charge is 2.22. The molecule has 0 unspecified atom stereocenters. The lowest BCUT2D eigenvalue weighted by molar-refractivity contribution is 0.778. The first-order valence-electron chi connectivity index (χ1n) is 11.9. The summed E-state index contributed by atoms with van der Waals surface area (Å²) < 4.78 is 2.35. The molecule has 1 aromatic heterocycles. The molecule has 0 amide bonds. The first kappa shape index (κ1) is 24.0. The molecule has 3 heteroatoms. The number of hydrogen-bond acceptors (Lipinski definition) is 2. The number of aromatic nitrogens is 2. The quantitative estimate of drug-likeness (QED) is 0.264. The van der Waals surface area contributed by atoms with Gasteiger partial charge in [0.2, 0.25) is 0 Å². The van der Waals surface area contributed by atoms with E-state index in [9.17, 15) is 0 Å². The van der Waals surface area contributed by atoms with Gasteiger partial charge in [-0.15, -0.1) is 0 Å². The molecule has 0 aliphatic heterocycles. The van der Waals surface area contributed by atoms with Crippen LogP contribution in [0.25, 0.3) is 45.0 Å². The van der Waals surface area contributed by atoms with Crippen LogP contribution in [0.3, 0.4) is 0 Å². The monoisotopic (exact) mass is 459 g/mol. The Balaban J connectivity index is 0.00000289. The SMILES string of the molecule is C.CCNc1cccc(-c2ccccc2-c2nc(-c3ccccc3)c(-c3ccccc3)n2CC)c1. The fraction of sp³-hybridized carbons (Fsp3) is 0.156. The Labute approximate surface area is 209 Å². The molecule has 0 atom stereocenters. The van der Waals surface area contributed by atoms with Crippen molar-refractivity contribution in [2.24, 2.45) is 0 Å². The molecule has 35 heavy (non-hydrogen) atoms. The van der Waals surface area contributed by atoms with E-state index in [0.717, 1.165) is 47.1 Å². The van der Waals surface area contributed by atoms with Crippen molar-refractivity contribution in [3.63, 3.8) is 0 Å². The average Bonchev–Trinajstić information content (AvgIpc) is 3.30. The second-order valence-corrected chi connectivity index (χ2v) is 8.27. The minimum absolute atomic E-state index is 0. The maximum Gasteiger partial charge on any atom is 0.141 e. The van der Waals surface area contributed by atoms with E-state index in [0.29, 0.717) is 0 Å². The van der Waals surface area contributed by atoms with Crippen LogP contribution >= 0.6 is 0 Å². The topological polar surface area (TPSA) is 29.9 Å². The Morgan fingerprint density at radius 2 is 1.26 bits per heavy atom. The highest BCUT2D eigenvalue weighted by atomic mass is 15.1. The molecule has 0 fully saturated rings. The Kier molecular flexibility index (Phi) is 7.47. The molecule has 0 saturated carbocycles. The van der Waals surface area contributed by atoms with Gasteiger partial charge in [0, 0.05) is 35.5 Å². The molecule has 3 nitrogen and oxygen atoms in total. The Bertz CT molecular complexity index is 1390. The highest BCUT2D eigenvalue weighted by Crippen LogP contribution is 2.39. The number of nitrogens with one attached hydrogen (secondary N) is 1. The van der Waals surface area contributed by atoms with E-state index in [-0.39, 0.29) is 7.43 Å². The number of nitrogens with zero attached hydrogens (tertiary/aromatic N) is 2. The number of rotatable bonds is 7. The predicted octanol–water partition coefficient (Wildman–Crippen LogP) is 8.64. The van der Waals surface area contributed by atoms with Crippen molar-refractivity contribution >= 4 is 5.69 Å². The van der Waals surface area contributed by atoms with Gasteiger partial charge >= 0.3 is 0 Å². The number of imidazole rings is 1. The van der Waals surface area contributed by atoms with Gasteiger partial charge in [-0.1, -0.05) is 104 Å². The summed E-state index contributed by atoms with van der Waals surface area (Å²) in [7, 11) is 0. The summed E-state index contributed by atoms with van der Waals surface area (Å²) in [6.07, 6.45) is 0. The first-order valence-corrected chi connectivity index (χ1v) is 11.9. The zero-order valence-corrected chi connectivity index (χ0v) is 19.7. The Morgan fingerprint density at radius 3 is 1.91 bits per heavy atom. The van der Waals surface area contributed by atoms with Gasteiger partial charge in [-0.2, -0.15) is 0 Å². The minimum Gasteiger partial charge on any atom is -0.385 e. The normalized spacial score (nSPS) is 10.6. The van der Waals surface area contributed by atoms with Crippen LogP contribution in [0.5, 0.6) is 0 Å². The largest absolute Gasteiger partial charge is 0.385 e. The summed E-state index contributed by atoms with van der Waals surface area (Å²) in [5, 5.41) is 3.43. The average molecular weight is 460 g/mol. The van der Waals surface area contributed by atoms with E-state index in [1.807, 2.05) is 0 Å². The van der Waals surface area contributed by atoms with Gasteiger partial charge in [-0.3, -0.25) is 0 Å². The van der Waals surface area contributed by atoms with Crippen molar-refractivity contribution in [3.8, 4) is 45.0 Å². The van der Waals surface area contributed by atoms with Gasteiger partial charge in [-0.25, -0.2) is 4.98 Å². The molecule has 0 bridgehead atoms. The van der Waals surface area contributed by atoms with Gasteiger partial charge in [0.25, 0.3) is 0 Å². The lowest BCUT2D eigenvalue weighted by Gasteiger charge is -2.14. The molecule has 1 heterocycles. The van der Waals surface area contributed by atoms with Gasteiger partial charge in [0.15, 0.2) is 0 Å². The van der Waals surface area contributed by atoms with Crippen LogP contribution in [0.1, 0.15) is 21.3 Å². The fourth-order valence-corrected chi connectivity index (χ4v) is 4.58. The van der Waals surface area contributed by atoms with E-state index < -0.39 is 0 Å². The number of benzene rings is 4. The van der Waals surface area contributed by atoms with Gasteiger partial charge in [0.05, 0.1) is 11.4 Å². The van der Waals surface area contributed by atoms with Crippen molar-refractivity contribution in [3.05, 3.63) is 109 Å². The fourth-order valence-electron chi connectivity index (χ4n) is 4.58. The summed E-state index contributed by atoms with van der Waals surface area (Å²) in [5.41, 5.74) is 9.10. The van der Waals surface area contributed by atoms with Crippen LogP contribution < -0.4 is 5.32 Å². The number of anilines is 1. The molecular weight excluding hydrogens is 426 g/mol. The smallest absolute Gasteiger partial charge is 0.141 e. The lowest BCUT2D eigenvalue weighted by atomic mass is 9.98. The van der Waals surface area contributed by atoms with Crippen LogP contribution in [0, 0.1) is 0 Å². The van der Waals surface area contributed by atoms with E-state index in [4.69, 9.17) is 4.98 Å². The van der Waals surface area contributed by atoms with Crippen LogP contribution in [0.4, 0.5) is 5.69 Å². The molecule has 1 N–H and O–H groups in total. The predicted molar refractivity (Wildman–Crippen MR) is 151 cm³/mol. The lowest BCUT2D eigenvalue weighted by Crippen LogP contribution is -2.01. The van der Waals surface area contributed by atoms with Crippen molar-refractivity contribution in [2.75, 3.05) is 11.9 Å². The molecule has 0 radical (unpaired) electrons. The molecule has 0 aliphatic rings. The van der Waals surface area contributed by atoms with Gasteiger partial charge in [-0.05, 0) is 37.1 Å². The first-order chi connectivity index (χ1) is 16.8. The molecule has 5 rings (SSSR count). The molecule has 5 aromatic rings. The van der Waals surface area contributed by atoms with E-state index in [1.54, 1.807) is 0 Å². The van der Waals surface area contributed by atoms with Crippen LogP contribution in [-0.4, -0.2) is 16.1 Å². The van der Waals surface area contributed by atoms with E-state index in [1.165, 1.54) is 16.7 Å². The molecule has 4 aromatic carbocycles. The van der Waals surface area contributed by atoms with E-state index in [2.05, 4.69) is 133 Å². The molecule has 0 spiro atoms. The maximum absolute atomic E-state index is 5.29. The van der Waals surface area contributed by atoms with Crippen molar-refractivity contribution in [1.29, 1.82) is 0 Å². The summed E-state index contributed by atoms with van der Waals surface area (Å²) in [6.45, 7) is 6.03. The van der Waals surface area contributed by atoms with Crippen LogP contribution in [0.2, 0.25) is 0 Å². The molecule has 0 saturated heterocycles. The summed E-state index contributed by atoms with van der Waals surface area (Å²) in [6, 6.07) is 38.3. The van der Waals surface area contributed by atoms with Crippen LogP contribution in [0.15, 0.2) is 109 Å². The summed E-state index contributed by atoms with van der Waals surface area (Å²) >= 11 is 0. The van der Waals surface area contributed by atoms with Crippen molar-refractivity contribution in [1.82, 2.24) is 9.55 Å². The van der Waals surface area contributed by atoms with Gasteiger partial charge in [0.1, 0.15) is 5.82 Å². The van der Waals surface area contributed by atoms with E-state index >= 15 is 0 Å².